The van der Waals surface area contributed by atoms with E-state index in [0.717, 1.165) is 11.0 Å². The number of aliphatic hydroxyl groups excluding tert-OH is 1. The van der Waals surface area contributed by atoms with Gasteiger partial charge in [-0.3, -0.25) is 0 Å². The van der Waals surface area contributed by atoms with Gasteiger partial charge in [-0.2, -0.15) is 0 Å². The van der Waals surface area contributed by atoms with Crippen molar-refractivity contribution >= 4 is 16.7 Å². The molecule has 0 spiro atoms. The second kappa shape index (κ2) is 3.61. The fraction of sp³-hybridized carbons (Fsp3) is 0.222. The number of aromatic amines is 1. The average molecular weight is 203 g/mol. The predicted molar refractivity (Wildman–Crippen MR) is 55.5 cm³/mol. The first-order chi connectivity index (χ1) is 7.20. The van der Waals surface area contributed by atoms with E-state index in [0.29, 0.717) is 11.5 Å². The summed E-state index contributed by atoms with van der Waals surface area (Å²) in [6, 6.07) is 5.10. The molecule has 0 aliphatic carbocycles. The number of azide groups is 1. The number of nitrogens with one attached hydrogen (secondary N) is 1. The Morgan fingerprint density at radius 3 is 3.07 bits per heavy atom. The topological polar surface area (TPSA) is 97.7 Å². The molecule has 2 rings (SSSR count). The highest BCUT2D eigenvalue weighted by Crippen LogP contribution is 2.21. The molecule has 2 aromatic rings. The van der Waals surface area contributed by atoms with Gasteiger partial charge in [0, 0.05) is 10.6 Å². The number of aromatic nitrogens is 2. The highest BCUT2D eigenvalue weighted by molar-refractivity contribution is 5.78. The van der Waals surface area contributed by atoms with E-state index in [1.165, 1.54) is 0 Å². The first kappa shape index (κ1) is 9.51. The van der Waals surface area contributed by atoms with Crippen LogP contribution in [0.3, 0.4) is 0 Å². The summed E-state index contributed by atoms with van der Waals surface area (Å²) in [4.78, 5) is 9.82. The van der Waals surface area contributed by atoms with Crippen molar-refractivity contribution in [3.63, 3.8) is 0 Å². The smallest absolute Gasteiger partial charge is 0.135 e. The van der Waals surface area contributed by atoms with Crippen LogP contribution in [0.4, 0.5) is 5.69 Å². The maximum absolute atomic E-state index is 9.32. The zero-order valence-corrected chi connectivity index (χ0v) is 8.05. The fourth-order valence-corrected chi connectivity index (χ4v) is 1.33. The monoisotopic (exact) mass is 203 g/mol. The Bertz CT molecular complexity index is 538. The third kappa shape index (κ3) is 1.76. The van der Waals surface area contributed by atoms with Gasteiger partial charge in [0.15, 0.2) is 0 Å². The fourth-order valence-electron chi connectivity index (χ4n) is 1.33. The standard InChI is InChI=1S/C9H9N5O/c1-5(15)9-11-7-3-2-6(13-14-10)4-8(7)12-9/h2-5,15H,1H3,(H,11,12). The molecule has 2 N–H and O–H groups in total. The molecule has 0 saturated carbocycles. The number of H-pyrrole nitrogens is 1. The molecular weight excluding hydrogens is 194 g/mol. The summed E-state index contributed by atoms with van der Waals surface area (Å²) >= 11 is 0. The maximum Gasteiger partial charge on any atom is 0.135 e. The summed E-state index contributed by atoms with van der Waals surface area (Å²) < 4.78 is 0. The second-order valence-corrected chi connectivity index (χ2v) is 3.19. The Balaban J connectivity index is 2.56. The van der Waals surface area contributed by atoms with E-state index in [-0.39, 0.29) is 0 Å². The number of nitrogens with zero attached hydrogens (tertiary/aromatic N) is 4. The van der Waals surface area contributed by atoms with Crippen molar-refractivity contribution in [3.05, 3.63) is 34.5 Å². The van der Waals surface area contributed by atoms with Gasteiger partial charge in [0.1, 0.15) is 11.9 Å². The van der Waals surface area contributed by atoms with Gasteiger partial charge in [-0.25, -0.2) is 4.98 Å². The lowest BCUT2D eigenvalue weighted by Gasteiger charge is -1.95. The first-order valence-corrected chi connectivity index (χ1v) is 4.43. The zero-order valence-electron chi connectivity index (χ0n) is 8.05. The SMILES string of the molecule is CC(O)c1nc2ccc(N=[N+]=[N-])cc2[nH]1. The average Bonchev–Trinajstić information content (AvgIpc) is 2.61. The van der Waals surface area contributed by atoms with Gasteiger partial charge in [-0.05, 0) is 24.6 Å². The third-order valence-corrected chi connectivity index (χ3v) is 2.04. The summed E-state index contributed by atoms with van der Waals surface area (Å²) in [5, 5.41) is 12.8. The van der Waals surface area contributed by atoms with Gasteiger partial charge in [-0.15, -0.1) is 0 Å². The van der Waals surface area contributed by atoms with Crippen LogP contribution >= 0.6 is 0 Å². The van der Waals surface area contributed by atoms with E-state index < -0.39 is 6.10 Å². The summed E-state index contributed by atoms with van der Waals surface area (Å²) in [7, 11) is 0. The molecule has 0 bridgehead atoms. The lowest BCUT2D eigenvalue weighted by atomic mass is 10.3. The molecule has 6 nitrogen and oxygen atoms in total. The largest absolute Gasteiger partial charge is 0.385 e. The van der Waals surface area contributed by atoms with E-state index >= 15 is 0 Å². The van der Waals surface area contributed by atoms with E-state index in [1.807, 2.05) is 0 Å². The van der Waals surface area contributed by atoms with Crippen LogP contribution in [0.2, 0.25) is 0 Å². The van der Waals surface area contributed by atoms with E-state index in [9.17, 15) is 5.11 Å². The quantitative estimate of drug-likeness (QED) is 0.445. The number of aliphatic hydroxyl groups is 1. The molecule has 1 atom stereocenters. The number of benzene rings is 1. The molecule has 0 fully saturated rings. The van der Waals surface area contributed by atoms with Crippen LogP contribution in [0, 0.1) is 0 Å². The molecule has 0 aliphatic heterocycles. The van der Waals surface area contributed by atoms with Crippen molar-refractivity contribution in [2.45, 2.75) is 13.0 Å². The summed E-state index contributed by atoms with van der Waals surface area (Å²) in [6.45, 7) is 1.63. The first-order valence-electron chi connectivity index (χ1n) is 4.43. The molecule has 15 heavy (non-hydrogen) atoms. The lowest BCUT2D eigenvalue weighted by Crippen LogP contribution is -1.92. The van der Waals surface area contributed by atoms with Crippen molar-refractivity contribution in [2.75, 3.05) is 0 Å². The highest BCUT2D eigenvalue weighted by atomic mass is 16.3. The van der Waals surface area contributed by atoms with Crippen molar-refractivity contribution < 1.29 is 5.11 Å². The Morgan fingerprint density at radius 1 is 1.60 bits per heavy atom. The van der Waals surface area contributed by atoms with Gasteiger partial charge >= 0.3 is 0 Å². The Hall–Kier alpha value is -2.04. The zero-order chi connectivity index (χ0) is 10.8. The molecule has 1 heterocycles. The minimum atomic E-state index is -0.639. The van der Waals surface area contributed by atoms with Crippen LogP contribution in [0.1, 0.15) is 18.9 Å². The number of rotatable bonds is 2. The van der Waals surface area contributed by atoms with Gasteiger partial charge < -0.3 is 10.1 Å². The van der Waals surface area contributed by atoms with Crippen LogP contribution in [0.15, 0.2) is 23.3 Å². The normalized spacial score (nSPS) is 12.4. The van der Waals surface area contributed by atoms with Crippen molar-refractivity contribution in [3.8, 4) is 0 Å². The molecule has 0 amide bonds. The Labute approximate surface area is 85.2 Å². The predicted octanol–water partition coefficient (Wildman–Crippen LogP) is 2.56. The van der Waals surface area contributed by atoms with Crippen LogP contribution in [0.5, 0.6) is 0 Å². The molecule has 0 saturated heterocycles. The molecule has 76 valence electrons. The van der Waals surface area contributed by atoms with Crippen LogP contribution < -0.4 is 0 Å². The van der Waals surface area contributed by atoms with Crippen molar-refractivity contribution in [2.24, 2.45) is 5.11 Å². The molecular formula is C9H9N5O. The molecule has 0 aliphatic rings. The summed E-state index contributed by atoms with van der Waals surface area (Å²) in [5.74, 6) is 0.503. The van der Waals surface area contributed by atoms with Crippen molar-refractivity contribution in [1.82, 2.24) is 9.97 Å². The molecule has 0 radical (unpaired) electrons. The van der Waals surface area contributed by atoms with E-state index in [1.54, 1.807) is 25.1 Å². The molecule has 6 heteroatoms. The third-order valence-electron chi connectivity index (χ3n) is 2.04. The second-order valence-electron chi connectivity index (χ2n) is 3.19. The minimum Gasteiger partial charge on any atom is -0.385 e. The molecule has 1 aromatic heterocycles. The Kier molecular flexibility index (Phi) is 2.29. The minimum absolute atomic E-state index is 0.503. The van der Waals surface area contributed by atoms with Crippen LogP contribution in [-0.2, 0) is 0 Å². The lowest BCUT2D eigenvalue weighted by molar-refractivity contribution is 0.190. The molecule has 1 unspecified atom stereocenters. The summed E-state index contributed by atoms with van der Waals surface area (Å²) in [6.07, 6.45) is -0.639. The number of fused-ring (bicyclic) bond motifs is 1. The van der Waals surface area contributed by atoms with Crippen LogP contribution in [0.25, 0.3) is 21.5 Å². The molecule has 1 aromatic carbocycles. The van der Waals surface area contributed by atoms with Crippen LogP contribution in [-0.4, -0.2) is 15.1 Å². The van der Waals surface area contributed by atoms with Crippen molar-refractivity contribution in [1.29, 1.82) is 0 Å². The Morgan fingerprint density at radius 2 is 2.40 bits per heavy atom. The number of hydrogen-bond acceptors (Lipinski definition) is 3. The highest BCUT2D eigenvalue weighted by Gasteiger charge is 2.07. The van der Waals surface area contributed by atoms with Gasteiger partial charge in [0.2, 0.25) is 0 Å². The maximum atomic E-state index is 9.32. The number of hydrogen-bond donors (Lipinski definition) is 2. The van der Waals surface area contributed by atoms with Gasteiger partial charge in [-0.1, -0.05) is 11.2 Å². The summed E-state index contributed by atoms with van der Waals surface area (Å²) in [5.41, 5.74) is 10.3. The number of imidazole rings is 1. The van der Waals surface area contributed by atoms with Gasteiger partial charge in [0.05, 0.1) is 11.0 Å². The van der Waals surface area contributed by atoms with E-state index in [4.69, 9.17) is 5.53 Å². The van der Waals surface area contributed by atoms with E-state index in [2.05, 4.69) is 20.0 Å². The van der Waals surface area contributed by atoms with Gasteiger partial charge in [0.25, 0.3) is 0 Å².